The summed E-state index contributed by atoms with van der Waals surface area (Å²) in [7, 11) is 0. The summed E-state index contributed by atoms with van der Waals surface area (Å²) in [6, 6.07) is 6.71. The normalized spacial score (nSPS) is 21.5. The summed E-state index contributed by atoms with van der Waals surface area (Å²) < 4.78 is 1.91. The molecular weight excluding hydrogens is 376 g/mol. The Kier molecular flexibility index (Phi) is 7.48. The van der Waals surface area contributed by atoms with Crippen molar-refractivity contribution in [2.75, 3.05) is 32.7 Å². The molecule has 0 spiro atoms. The van der Waals surface area contributed by atoms with Gasteiger partial charge in [-0.25, -0.2) is 0 Å². The van der Waals surface area contributed by atoms with Gasteiger partial charge in [0.2, 0.25) is 5.91 Å². The molecule has 4 heterocycles. The third kappa shape index (κ3) is 5.89. The number of nitrogens with one attached hydrogen (secondary N) is 1. The molecule has 0 saturated carbocycles. The summed E-state index contributed by atoms with van der Waals surface area (Å²) >= 11 is 0. The molecule has 0 radical (unpaired) electrons. The molecule has 0 aliphatic carbocycles. The van der Waals surface area contributed by atoms with E-state index >= 15 is 0 Å². The van der Waals surface area contributed by atoms with Gasteiger partial charge in [0.25, 0.3) is 0 Å². The number of nitrogens with zero attached hydrogens (tertiary/aromatic N) is 5. The SMILES string of the molecule is O=C(NCCCn1cccn1)[C@@H]1CCCN(C2CCN(Cc3cccnc3)CC2)C1. The van der Waals surface area contributed by atoms with Crippen LogP contribution in [0.5, 0.6) is 0 Å². The Bertz CT molecular complexity index is 757. The first-order chi connectivity index (χ1) is 14.8. The van der Waals surface area contributed by atoms with E-state index in [-0.39, 0.29) is 11.8 Å². The summed E-state index contributed by atoms with van der Waals surface area (Å²) in [5.41, 5.74) is 1.29. The minimum absolute atomic E-state index is 0.136. The molecule has 1 amide bonds. The van der Waals surface area contributed by atoms with E-state index in [1.54, 1.807) is 6.20 Å². The van der Waals surface area contributed by atoms with Crippen LogP contribution in [0.3, 0.4) is 0 Å². The van der Waals surface area contributed by atoms with Crippen molar-refractivity contribution in [3.8, 4) is 0 Å². The van der Waals surface area contributed by atoms with E-state index in [0.717, 1.165) is 65.1 Å². The van der Waals surface area contributed by atoms with Gasteiger partial charge in [-0.1, -0.05) is 6.07 Å². The van der Waals surface area contributed by atoms with Crippen LogP contribution in [0.2, 0.25) is 0 Å². The number of rotatable bonds is 8. The minimum atomic E-state index is 0.136. The first-order valence-electron chi connectivity index (χ1n) is 11.4. The topological polar surface area (TPSA) is 66.3 Å². The molecule has 2 fully saturated rings. The van der Waals surface area contributed by atoms with E-state index in [1.807, 2.05) is 35.4 Å². The molecule has 1 N–H and O–H groups in total. The fourth-order valence-corrected chi connectivity index (χ4v) is 4.77. The zero-order valence-corrected chi connectivity index (χ0v) is 17.8. The molecular formula is C23H34N6O. The second-order valence-electron chi connectivity index (χ2n) is 8.62. The number of carbonyl (C=O) groups excluding carboxylic acids is 1. The number of likely N-dealkylation sites (tertiary alicyclic amines) is 2. The van der Waals surface area contributed by atoms with Crippen LogP contribution in [0, 0.1) is 5.92 Å². The summed E-state index contributed by atoms with van der Waals surface area (Å²) in [4.78, 5) is 22.0. The van der Waals surface area contributed by atoms with Crippen molar-refractivity contribution in [2.24, 2.45) is 5.92 Å². The number of hydrogen-bond donors (Lipinski definition) is 1. The summed E-state index contributed by atoms with van der Waals surface area (Å²) in [6.45, 7) is 6.86. The lowest BCUT2D eigenvalue weighted by Gasteiger charge is -2.42. The number of carbonyl (C=O) groups is 1. The lowest BCUT2D eigenvalue weighted by atomic mass is 9.93. The van der Waals surface area contributed by atoms with Crippen molar-refractivity contribution >= 4 is 5.91 Å². The maximum Gasteiger partial charge on any atom is 0.224 e. The molecule has 0 bridgehead atoms. The van der Waals surface area contributed by atoms with Gasteiger partial charge in [-0.05, 0) is 69.4 Å². The quantitative estimate of drug-likeness (QED) is 0.676. The Balaban J connectivity index is 1.17. The van der Waals surface area contributed by atoms with Crippen LogP contribution in [-0.2, 0) is 17.9 Å². The lowest BCUT2D eigenvalue weighted by Crippen LogP contribution is -2.50. The molecule has 1 atom stereocenters. The standard InChI is InChI=1S/C23H34N6O/c30-23(25-10-3-13-29-14-4-11-26-29)21-6-2-12-28(19-21)22-7-15-27(16-8-22)18-20-5-1-9-24-17-20/h1,4-5,9,11,14,17,21-22H,2-3,6-8,10,12-13,15-16,18-19H2,(H,25,30)/t21-/m1/s1. The van der Waals surface area contributed by atoms with Gasteiger partial charge in [-0.2, -0.15) is 5.10 Å². The zero-order valence-electron chi connectivity index (χ0n) is 17.8. The van der Waals surface area contributed by atoms with Gasteiger partial charge in [0, 0.05) is 57.0 Å². The number of pyridine rings is 1. The van der Waals surface area contributed by atoms with Gasteiger partial charge in [-0.3, -0.25) is 24.3 Å². The van der Waals surface area contributed by atoms with Crippen LogP contribution in [0.4, 0.5) is 0 Å². The maximum atomic E-state index is 12.7. The summed E-state index contributed by atoms with van der Waals surface area (Å²) in [5, 5.41) is 7.36. The molecule has 0 aromatic carbocycles. The largest absolute Gasteiger partial charge is 0.356 e. The van der Waals surface area contributed by atoms with Crippen molar-refractivity contribution in [3.63, 3.8) is 0 Å². The van der Waals surface area contributed by atoms with E-state index in [1.165, 1.54) is 18.4 Å². The number of aryl methyl sites for hydroxylation is 1. The fourth-order valence-electron chi connectivity index (χ4n) is 4.77. The van der Waals surface area contributed by atoms with Crippen LogP contribution in [-0.4, -0.2) is 69.2 Å². The van der Waals surface area contributed by atoms with E-state index < -0.39 is 0 Å². The van der Waals surface area contributed by atoms with Gasteiger partial charge in [0.1, 0.15) is 0 Å². The number of aromatic nitrogens is 3. The molecule has 0 unspecified atom stereocenters. The Labute approximate surface area is 179 Å². The van der Waals surface area contributed by atoms with Crippen LogP contribution >= 0.6 is 0 Å². The summed E-state index contributed by atoms with van der Waals surface area (Å²) in [5.74, 6) is 0.367. The smallest absolute Gasteiger partial charge is 0.224 e. The molecule has 4 rings (SSSR count). The molecule has 2 aliphatic rings. The molecule has 7 heteroatoms. The van der Waals surface area contributed by atoms with Gasteiger partial charge >= 0.3 is 0 Å². The highest BCUT2D eigenvalue weighted by Crippen LogP contribution is 2.24. The monoisotopic (exact) mass is 410 g/mol. The molecule has 7 nitrogen and oxygen atoms in total. The maximum absolute atomic E-state index is 12.7. The van der Waals surface area contributed by atoms with Crippen molar-refractivity contribution in [1.82, 2.24) is 29.9 Å². The van der Waals surface area contributed by atoms with Crippen molar-refractivity contribution < 1.29 is 4.79 Å². The van der Waals surface area contributed by atoms with Gasteiger partial charge in [0.05, 0.1) is 5.92 Å². The summed E-state index contributed by atoms with van der Waals surface area (Å²) in [6.07, 6.45) is 13.0. The van der Waals surface area contributed by atoms with E-state index in [2.05, 4.69) is 31.3 Å². The first-order valence-corrected chi connectivity index (χ1v) is 11.4. The Morgan fingerprint density at radius 3 is 2.80 bits per heavy atom. The van der Waals surface area contributed by atoms with Crippen molar-refractivity contribution in [3.05, 3.63) is 48.5 Å². The average molecular weight is 411 g/mol. The number of hydrogen-bond acceptors (Lipinski definition) is 5. The van der Waals surface area contributed by atoms with Crippen LogP contribution in [0.1, 0.15) is 37.7 Å². The molecule has 2 aliphatic heterocycles. The third-order valence-corrected chi connectivity index (χ3v) is 6.45. The first kappa shape index (κ1) is 21.0. The van der Waals surface area contributed by atoms with Gasteiger partial charge in [0.15, 0.2) is 0 Å². The Hall–Kier alpha value is -2.25. The van der Waals surface area contributed by atoms with E-state index in [9.17, 15) is 4.79 Å². The second-order valence-corrected chi connectivity index (χ2v) is 8.62. The van der Waals surface area contributed by atoms with Crippen LogP contribution in [0.25, 0.3) is 0 Å². The van der Waals surface area contributed by atoms with E-state index in [4.69, 9.17) is 0 Å². The van der Waals surface area contributed by atoms with Gasteiger partial charge < -0.3 is 5.32 Å². The molecule has 2 aromatic rings. The fraction of sp³-hybridized carbons (Fsp3) is 0.609. The molecule has 2 aromatic heterocycles. The number of piperidine rings is 2. The molecule has 162 valence electrons. The molecule has 2 saturated heterocycles. The highest BCUT2D eigenvalue weighted by Gasteiger charge is 2.31. The third-order valence-electron chi connectivity index (χ3n) is 6.45. The predicted octanol–water partition coefficient (Wildman–Crippen LogP) is 2.16. The highest BCUT2D eigenvalue weighted by atomic mass is 16.1. The van der Waals surface area contributed by atoms with Crippen LogP contribution < -0.4 is 5.32 Å². The average Bonchev–Trinajstić information content (AvgIpc) is 3.31. The van der Waals surface area contributed by atoms with Crippen LogP contribution in [0.15, 0.2) is 43.0 Å². The van der Waals surface area contributed by atoms with E-state index in [0.29, 0.717) is 6.04 Å². The molecule has 30 heavy (non-hydrogen) atoms. The lowest BCUT2D eigenvalue weighted by molar-refractivity contribution is -0.127. The number of amides is 1. The predicted molar refractivity (Wildman–Crippen MR) is 117 cm³/mol. The minimum Gasteiger partial charge on any atom is -0.356 e. The van der Waals surface area contributed by atoms with Crippen molar-refractivity contribution in [1.29, 1.82) is 0 Å². The van der Waals surface area contributed by atoms with Gasteiger partial charge in [-0.15, -0.1) is 0 Å². The highest BCUT2D eigenvalue weighted by molar-refractivity contribution is 5.78. The Morgan fingerprint density at radius 2 is 2.03 bits per heavy atom. The second kappa shape index (κ2) is 10.7. The Morgan fingerprint density at radius 1 is 1.13 bits per heavy atom. The zero-order chi connectivity index (χ0) is 20.6. The van der Waals surface area contributed by atoms with Crippen molar-refractivity contribution in [2.45, 2.75) is 51.2 Å².